The highest BCUT2D eigenvalue weighted by Crippen LogP contribution is 2.41. The molecule has 2 aromatic rings. The fourth-order valence-corrected chi connectivity index (χ4v) is 3.75. The third kappa shape index (κ3) is 3.05. The largest absolute Gasteiger partial charge is 0.390 e. The van der Waals surface area contributed by atoms with Gasteiger partial charge in [0.25, 0.3) is 0 Å². The predicted octanol–water partition coefficient (Wildman–Crippen LogP) is 3.25. The van der Waals surface area contributed by atoms with Crippen molar-refractivity contribution in [2.75, 3.05) is 13.7 Å². The van der Waals surface area contributed by atoms with E-state index in [2.05, 4.69) is 60.4 Å². The molecule has 23 heavy (non-hydrogen) atoms. The predicted molar refractivity (Wildman–Crippen MR) is 92.3 cm³/mol. The summed E-state index contributed by atoms with van der Waals surface area (Å²) in [5.41, 5.74) is 2.51. The highest BCUT2D eigenvalue weighted by Gasteiger charge is 2.50. The van der Waals surface area contributed by atoms with Crippen LogP contribution in [0.4, 0.5) is 0 Å². The molecule has 0 aliphatic carbocycles. The van der Waals surface area contributed by atoms with Gasteiger partial charge < -0.3 is 9.84 Å². The second-order valence-electron chi connectivity index (χ2n) is 6.16. The van der Waals surface area contributed by atoms with E-state index < -0.39 is 0 Å². The average molecular weight is 311 g/mol. The summed E-state index contributed by atoms with van der Waals surface area (Å²) in [5.74, 6) is 0. The Bertz CT molecular complexity index is 562. The fourth-order valence-electron chi connectivity index (χ4n) is 3.75. The van der Waals surface area contributed by atoms with Crippen molar-refractivity contribution in [2.24, 2.45) is 0 Å². The Hall–Kier alpha value is -1.68. The molecule has 1 aliphatic rings. The Kier molecular flexibility index (Phi) is 5.11. The molecule has 0 spiro atoms. The maximum Gasteiger partial charge on any atom is 0.0873 e. The zero-order valence-electron chi connectivity index (χ0n) is 13.8. The van der Waals surface area contributed by atoms with Gasteiger partial charge in [0.1, 0.15) is 0 Å². The summed E-state index contributed by atoms with van der Waals surface area (Å²) in [4.78, 5) is 2.42. The third-order valence-electron chi connectivity index (χ3n) is 4.84. The summed E-state index contributed by atoms with van der Waals surface area (Å²) in [7, 11) is 1.70. The van der Waals surface area contributed by atoms with Gasteiger partial charge in [0.15, 0.2) is 0 Å². The molecule has 3 heteroatoms. The lowest BCUT2D eigenvalue weighted by Crippen LogP contribution is -2.69. The van der Waals surface area contributed by atoms with E-state index in [-0.39, 0.29) is 24.2 Å². The maximum absolute atomic E-state index is 10.5. The van der Waals surface area contributed by atoms with Crippen molar-refractivity contribution < 1.29 is 9.84 Å². The van der Waals surface area contributed by atoms with Gasteiger partial charge in [-0.15, -0.1) is 0 Å². The zero-order valence-corrected chi connectivity index (χ0v) is 13.8. The highest BCUT2D eigenvalue weighted by molar-refractivity contribution is 5.33. The van der Waals surface area contributed by atoms with E-state index >= 15 is 0 Å². The Morgan fingerprint density at radius 2 is 1.48 bits per heavy atom. The SMILES string of the molecule is CC[C@H]1[C@H](O)[C@@H](COC)N1C(c1ccccc1)c1ccccc1. The molecular formula is C20H25NO2. The van der Waals surface area contributed by atoms with E-state index in [9.17, 15) is 5.11 Å². The molecule has 0 unspecified atom stereocenters. The summed E-state index contributed by atoms with van der Waals surface area (Å²) in [6.45, 7) is 2.69. The summed E-state index contributed by atoms with van der Waals surface area (Å²) in [5, 5.41) is 10.5. The Labute approximate surface area is 138 Å². The molecule has 1 heterocycles. The second kappa shape index (κ2) is 7.26. The molecule has 122 valence electrons. The van der Waals surface area contributed by atoms with Gasteiger partial charge in [-0.25, -0.2) is 0 Å². The van der Waals surface area contributed by atoms with E-state index in [0.29, 0.717) is 6.61 Å². The molecule has 0 saturated carbocycles. The number of aliphatic hydroxyl groups is 1. The van der Waals surface area contributed by atoms with Crippen LogP contribution in [-0.2, 0) is 4.74 Å². The van der Waals surface area contributed by atoms with Gasteiger partial charge in [0.2, 0.25) is 0 Å². The van der Waals surface area contributed by atoms with Crippen LogP contribution in [0, 0.1) is 0 Å². The number of nitrogens with zero attached hydrogens (tertiary/aromatic N) is 1. The molecule has 3 rings (SSSR count). The van der Waals surface area contributed by atoms with Gasteiger partial charge in [0, 0.05) is 13.2 Å². The second-order valence-corrected chi connectivity index (χ2v) is 6.16. The van der Waals surface area contributed by atoms with Crippen molar-refractivity contribution in [3.63, 3.8) is 0 Å². The Morgan fingerprint density at radius 3 is 1.91 bits per heavy atom. The fraction of sp³-hybridized carbons (Fsp3) is 0.400. The van der Waals surface area contributed by atoms with E-state index in [1.54, 1.807) is 7.11 Å². The monoisotopic (exact) mass is 311 g/mol. The minimum atomic E-state index is -0.324. The summed E-state index contributed by atoms with van der Waals surface area (Å²) >= 11 is 0. The van der Waals surface area contributed by atoms with E-state index in [1.165, 1.54) is 11.1 Å². The van der Waals surface area contributed by atoms with Gasteiger partial charge in [-0.3, -0.25) is 4.90 Å². The maximum atomic E-state index is 10.5. The Morgan fingerprint density at radius 1 is 0.957 bits per heavy atom. The molecule has 0 radical (unpaired) electrons. The minimum absolute atomic E-state index is 0.0374. The average Bonchev–Trinajstić information content (AvgIpc) is 2.61. The first-order valence-electron chi connectivity index (χ1n) is 8.32. The normalized spacial score (nSPS) is 24.6. The van der Waals surface area contributed by atoms with Crippen molar-refractivity contribution in [1.29, 1.82) is 0 Å². The van der Waals surface area contributed by atoms with E-state index in [1.807, 2.05) is 12.1 Å². The van der Waals surface area contributed by atoms with Crippen LogP contribution >= 0.6 is 0 Å². The topological polar surface area (TPSA) is 32.7 Å². The molecule has 1 saturated heterocycles. The lowest BCUT2D eigenvalue weighted by Gasteiger charge is -2.56. The number of methoxy groups -OCH3 is 1. The molecule has 1 aliphatic heterocycles. The van der Waals surface area contributed by atoms with Crippen molar-refractivity contribution >= 4 is 0 Å². The number of hydrogen-bond acceptors (Lipinski definition) is 3. The zero-order chi connectivity index (χ0) is 16.2. The smallest absolute Gasteiger partial charge is 0.0873 e. The standard InChI is InChI=1S/C20H25NO2/c1-3-17-20(22)18(14-23-2)21(17)19(15-10-6-4-7-11-15)16-12-8-5-9-13-16/h4-13,17-20,22H,3,14H2,1-2H3/t17-,18+,20-/m0/s1. The van der Waals surface area contributed by atoms with Crippen LogP contribution in [0.25, 0.3) is 0 Å². The first kappa shape index (κ1) is 16.2. The van der Waals surface area contributed by atoms with Crippen LogP contribution in [0.5, 0.6) is 0 Å². The van der Waals surface area contributed by atoms with Gasteiger partial charge in [0.05, 0.1) is 24.8 Å². The lowest BCUT2D eigenvalue weighted by atomic mass is 9.82. The molecule has 2 aromatic carbocycles. The first-order chi connectivity index (χ1) is 11.3. The van der Waals surface area contributed by atoms with Gasteiger partial charge in [-0.1, -0.05) is 67.6 Å². The number of aliphatic hydroxyl groups excluding tert-OH is 1. The number of likely N-dealkylation sites (tertiary alicyclic amines) is 1. The van der Waals surface area contributed by atoms with Crippen molar-refractivity contribution in [2.45, 2.75) is 37.6 Å². The van der Waals surface area contributed by atoms with Crippen LogP contribution in [0.2, 0.25) is 0 Å². The lowest BCUT2D eigenvalue weighted by molar-refractivity contribution is -0.154. The van der Waals surface area contributed by atoms with Gasteiger partial charge in [-0.2, -0.15) is 0 Å². The number of hydrogen-bond donors (Lipinski definition) is 1. The highest BCUT2D eigenvalue weighted by atomic mass is 16.5. The molecule has 3 atom stereocenters. The molecule has 0 amide bonds. The molecular weight excluding hydrogens is 286 g/mol. The van der Waals surface area contributed by atoms with E-state index in [4.69, 9.17) is 4.74 Å². The molecule has 0 aromatic heterocycles. The summed E-state index contributed by atoms with van der Waals surface area (Å²) in [6.07, 6.45) is 0.604. The third-order valence-corrected chi connectivity index (χ3v) is 4.84. The van der Waals surface area contributed by atoms with Crippen LogP contribution in [0.15, 0.2) is 60.7 Å². The molecule has 3 nitrogen and oxygen atoms in total. The van der Waals surface area contributed by atoms with Crippen molar-refractivity contribution in [1.82, 2.24) is 4.90 Å². The Balaban J connectivity index is 2.01. The van der Waals surface area contributed by atoms with Crippen molar-refractivity contribution in [3.05, 3.63) is 71.8 Å². The van der Waals surface area contributed by atoms with Crippen molar-refractivity contribution in [3.8, 4) is 0 Å². The van der Waals surface area contributed by atoms with Gasteiger partial charge >= 0.3 is 0 Å². The summed E-state index contributed by atoms with van der Waals surface area (Å²) < 4.78 is 5.36. The van der Waals surface area contributed by atoms with E-state index in [0.717, 1.165) is 6.42 Å². The first-order valence-corrected chi connectivity index (χ1v) is 8.32. The number of rotatable bonds is 6. The van der Waals surface area contributed by atoms with Crippen LogP contribution in [0.1, 0.15) is 30.5 Å². The quantitative estimate of drug-likeness (QED) is 0.889. The molecule has 0 bridgehead atoms. The number of benzene rings is 2. The van der Waals surface area contributed by atoms with Crippen LogP contribution in [0.3, 0.4) is 0 Å². The number of ether oxygens (including phenoxy) is 1. The molecule has 1 fully saturated rings. The van der Waals surface area contributed by atoms with Gasteiger partial charge in [-0.05, 0) is 17.5 Å². The summed E-state index contributed by atoms with van der Waals surface area (Å²) in [6, 6.07) is 21.4. The minimum Gasteiger partial charge on any atom is -0.390 e. The molecule has 1 N–H and O–H groups in total. The van der Waals surface area contributed by atoms with Crippen LogP contribution in [-0.4, -0.2) is 41.9 Å². The van der Waals surface area contributed by atoms with Crippen LogP contribution < -0.4 is 0 Å².